The number of aromatic nitrogens is 1. The summed E-state index contributed by atoms with van der Waals surface area (Å²) in [4.78, 5) is 4.37. The predicted molar refractivity (Wildman–Crippen MR) is 70.2 cm³/mol. The molecule has 1 atom stereocenters. The number of nitrogens with one attached hydrogen (secondary N) is 1. The van der Waals surface area contributed by atoms with Crippen molar-refractivity contribution >= 4 is 0 Å². The maximum Gasteiger partial charge on any atom is 0.0892 e. The third-order valence-electron chi connectivity index (χ3n) is 3.17. The quantitative estimate of drug-likeness (QED) is 0.837. The van der Waals surface area contributed by atoms with Crippen molar-refractivity contribution in [3.05, 3.63) is 29.6 Å². The minimum atomic E-state index is 0.273. The van der Waals surface area contributed by atoms with E-state index in [0.29, 0.717) is 13.2 Å². The zero-order chi connectivity index (χ0) is 12.6. The van der Waals surface area contributed by atoms with Crippen LogP contribution in [0.4, 0.5) is 0 Å². The standard InChI is InChI=1S/C14H22N2O2/c1-15-9-12-5-4-7-16-14(12)11-17-10-13-6-2-3-8-18-13/h4-5,7,13,15H,2-3,6,8-11H2,1H3. The molecule has 0 spiro atoms. The third-order valence-corrected chi connectivity index (χ3v) is 3.17. The first-order valence-electron chi connectivity index (χ1n) is 6.67. The van der Waals surface area contributed by atoms with E-state index in [9.17, 15) is 0 Å². The van der Waals surface area contributed by atoms with Gasteiger partial charge in [0.2, 0.25) is 0 Å². The molecule has 1 aromatic heterocycles. The fourth-order valence-corrected chi connectivity index (χ4v) is 2.18. The van der Waals surface area contributed by atoms with Crippen LogP contribution in [-0.4, -0.2) is 31.3 Å². The third kappa shape index (κ3) is 4.05. The van der Waals surface area contributed by atoms with Gasteiger partial charge in [-0.2, -0.15) is 0 Å². The van der Waals surface area contributed by atoms with Crippen molar-refractivity contribution < 1.29 is 9.47 Å². The summed E-state index contributed by atoms with van der Waals surface area (Å²) in [6.45, 7) is 2.95. The zero-order valence-electron chi connectivity index (χ0n) is 11.0. The molecule has 1 aliphatic heterocycles. The lowest BCUT2D eigenvalue weighted by atomic mass is 10.1. The highest BCUT2D eigenvalue weighted by Gasteiger charge is 2.14. The van der Waals surface area contributed by atoms with Crippen LogP contribution >= 0.6 is 0 Å². The molecule has 0 aliphatic carbocycles. The summed E-state index contributed by atoms with van der Waals surface area (Å²) in [5.74, 6) is 0. The lowest BCUT2D eigenvalue weighted by Gasteiger charge is -2.22. The van der Waals surface area contributed by atoms with Crippen LogP contribution in [0.1, 0.15) is 30.5 Å². The van der Waals surface area contributed by atoms with Gasteiger partial charge in [0.15, 0.2) is 0 Å². The van der Waals surface area contributed by atoms with E-state index in [1.807, 2.05) is 19.3 Å². The van der Waals surface area contributed by atoms with Crippen LogP contribution in [0.25, 0.3) is 0 Å². The van der Waals surface area contributed by atoms with Crippen molar-refractivity contribution in [2.24, 2.45) is 0 Å². The van der Waals surface area contributed by atoms with Gasteiger partial charge in [0.05, 0.1) is 25.0 Å². The molecule has 0 saturated carbocycles. The normalized spacial score (nSPS) is 19.9. The summed E-state index contributed by atoms with van der Waals surface area (Å²) in [6.07, 6.45) is 5.64. The Hall–Kier alpha value is -0.970. The van der Waals surface area contributed by atoms with Crippen molar-refractivity contribution in [1.29, 1.82) is 0 Å². The van der Waals surface area contributed by atoms with Gasteiger partial charge in [-0.25, -0.2) is 0 Å². The molecule has 1 unspecified atom stereocenters. The van der Waals surface area contributed by atoms with Crippen molar-refractivity contribution in [2.45, 2.75) is 38.5 Å². The highest BCUT2D eigenvalue weighted by molar-refractivity contribution is 5.18. The summed E-state index contributed by atoms with van der Waals surface area (Å²) < 4.78 is 11.4. The van der Waals surface area contributed by atoms with Crippen LogP contribution < -0.4 is 5.32 Å². The minimum absolute atomic E-state index is 0.273. The van der Waals surface area contributed by atoms with E-state index in [-0.39, 0.29) is 6.10 Å². The Kier molecular flexibility index (Phi) is 5.58. The molecule has 0 amide bonds. The first kappa shape index (κ1) is 13.5. The summed E-state index contributed by atoms with van der Waals surface area (Å²) in [6, 6.07) is 4.04. The SMILES string of the molecule is CNCc1cccnc1COCC1CCCCO1. The Morgan fingerprint density at radius 3 is 3.22 bits per heavy atom. The van der Waals surface area contributed by atoms with Gasteiger partial charge in [-0.05, 0) is 37.9 Å². The summed E-state index contributed by atoms with van der Waals surface area (Å²) in [5.41, 5.74) is 2.22. The van der Waals surface area contributed by atoms with Crippen LogP contribution in [0.3, 0.4) is 0 Å². The smallest absolute Gasteiger partial charge is 0.0892 e. The molecule has 0 bridgehead atoms. The van der Waals surface area contributed by atoms with E-state index in [1.165, 1.54) is 18.4 Å². The van der Waals surface area contributed by atoms with Gasteiger partial charge in [0, 0.05) is 19.3 Å². The van der Waals surface area contributed by atoms with Crippen LogP contribution in [0, 0.1) is 0 Å². The second-order valence-corrected chi connectivity index (χ2v) is 4.64. The molecular weight excluding hydrogens is 228 g/mol. The zero-order valence-corrected chi connectivity index (χ0v) is 11.0. The van der Waals surface area contributed by atoms with E-state index in [0.717, 1.165) is 25.3 Å². The maximum atomic E-state index is 5.73. The first-order chi connectivity index (χ1) is 8.90. The van der Waals surface area contributed by atoms with Crippen molar-refractivity contribution in [3.63, 3.8) is 0 Å². The number of ether oxygens (including phenoxy) is 2. The summed E-state index contributed by atoms with van der Waals surface area (Å²) >= 11 is 0. The van der Waals surface area contributed by atoms with E-state index in [4.69, 9.17) is 9.47 Å². The molecule has 4 nitrogen and oxygen atoms in total. The van der Waals surface area contributed by atoms with E-state index < -0.39 is 0 Å². The topological polar surface area (TPSA) is 43.4 Å². The molecule has 1 N–H and O–H groups in total. The number of hydrogen-bond donors (Lipinski definition) is 1. The lowest BCUT2D eigenvalue weighted by molar-refractivity contribution is -0.0453. The van der Waals surface area contributed by atoms with Gasteiger partial charge >= 0.3 is 0 Å². The molecule has 0 radical (unpaired) electrons. The maximum absolute atomic E-state index is 5.73. The first-order valence-corrected chi connectivity index (χ1v) is 6.67. The average molecular weight is 250 g/mol. The van der Waals surface area contributed by atoms with Gasteiger partial charge in [0.1, 0.15) is 0 Å². The van der Waals surface area contributed by atoms with Gasteiger partial charge in [-0.1, -0.05) is 6.07 Å². The molecular formula is C14H22N2O2. The van der Waals surface area contributed by atoms with E-state index in [2.05, 4.69) is 16.4 Å². The number of nitrogens with zero attached hydrogens (tertiary/aromatic N) is 1. The Labute approximate surface area is 109 Å². The molecule has 1 aromatic rings. The van der Waals surface area contributed by atoms with Crippen molar-refractivity contribution in [2.75, 3.05) is 20.3 Å². The van der Waals surface area contributed by atoms with Crippen LogP contribution in [0.5, 0.6) is 0 Å². The highest BCUT2D eigenvalue weighted by Crippen LogP contribution is 2.14. The average Bonchev–Trinajstić information content (AvgIpc) is 2.42. The molecule has 1 fully saturated rings. The molecule has 1 saturated heterocycles. The molecule has 0 aromatic carbocycles. The molecule has 18 heavy (non-hydrogen) atoms. The number of rotatable bonds is 6. The molecule has 2 rings (SSSR count). The monoisotopic (exact) mass is 250 g/mol. The molecule has 1 aliphatic rings. The second kappa shape index (κ2) is 7.46. The van der Waals surface area contributed by atoms with Gasteiger partial charge in [0.25, 0.3) is 0 Å². The van der Waals surface area contributed by atoms with Gasteiger partial charge < -0.3 is 14.8 Å². The molecule has 4 heteroatoms. The highest BCUT2D eigenvalue weighted by atomic mass is 16.5. The van der Waals surface area contributed by atoms with Crippen molar-refractivity contribution in [1.82, 2.24) is 10.3 Å². The lowest BCUT2D eigenvalue weighted by Crippen LogP contribution is -2.24. The largest absolute Gasteiger partial charge is 0.376 e. The second-order valence-electron chi connectivity index (χ2n) is 4.64. The predicted octanol–water partition coefficient (Wildman–Crippen LogP) is 1.89. The van der Waals surface area contributed by atoms with Gasteiger partial charge in [-0.3, -0.25) is 4.98 Å². The van der Waals surface area contributed by atoms with Crippen LogP contribution in [0.2, 0.25) is 0 Å². The number of pyridine rings is 1. The summed E-state index contributed by atoms with van der Waals surface area (Å²) in [5, 5.41) is 3.14. The van der Waals surface area contributed by atoms with E-state index in [1.54, 1.807) is 0 Å². The Morgan fingerprint density at radius 2 is 2.44 bits per heavy atom. The van der Waals surface area contributed by atoms with Crippen molar-refractivity contribution in [3.8, 4) is 0 Å². The molecule has 2 heterocycles. The fraction of sp³-hybridized carbons (Fsp3) is 0.643. The molecule has 100 valence electrons. The Bertz CT molecular complexity index is 351. The van der Waals surface area contributed by atoms with Gasteiger partial charge in [-0.15, -0.1) is 0 Å². The Morgan fingerprint density at radius 1 is 1.50 bits per heavy atom. The number of hydrogen-bond acceptors (Lipinski definition) is 4. The van der Waals surface area contributed by atoms with Crippen LogP contribution in [0.15, 0.2) is 18.3 Å². The fourth-order valence-electron chi connectivity index (χ4n) is 2.18. The van der Waals surface area contributed by atoms with E-state index >= 15 is 0 Å². The summed E-state index contributed by atoms with van der Waals surface area (Å²) in [7, 11) is 1.94. The Balaban J connectivity index is 1.78. The minimum Gasteiger partial charge on any atom is -0.376 e. The van der Waals surface area contributed by atoms with Crippen LogP contribution in [-0.2, 0) is 22.6 Å².